The number of hydrazine groups is 1. The summed E-state index contributed by atoms with van der Waals surface area (Å²) in [6.45, 7) is 5.33. The molecule has 3 aliphatic heterocycles. The number of rotatable bonds is 4. The third kappa shape index (κ3) is 4.40. The summed E-state index contributed by atoms with van der Waals surface area (Å²) in [4.78, 5) is 8.78. The van der Waals surface area contributed by atoms with Crippen molar-refractivity contribution in [2.75, 3.05) is 25.2 Å². The molecule has 2 atom stereocenters. The van der Waals surface area contributed by atoms with Gasteiger partial charge in [-0.05, 0) is 74.2 Å². The molecule has 5 nitrogen and oxygen atoms in total. The van der Waals surface area contributed by atoms with Gasteiger partial charge in [0.05, 0.1) is 6.67 Å². The topological polar surface area (TPSA) is 34.1 Å². The third-order valence-corrected chi connectivity index (χ3v) is 6.91. The van der Waals surface area contributed by atoms with Crippen LogP contribution in [-0.4, -0.2) is 42.2 Å². The number of benzene rings is 2. The summed E-state index contributed by atoms with van der Waals surface area (Å²) < 4.78 is 56.0. The van der Waals surface area contributed by atoms with E-state index in [4.69, 9.17) is 0 Å². The Bertz CT molecular complexity index is 1230. The van der Waals surface area contributed by atoms with Gasteiger partial charge in [0, 0.05) is 42.7 Å². The molecule has 3 heterocycles. The van der Waals surface area contributed by atoms with Crippen LogP contribution in [0.5, 0.6) is 0 Å². The maximum absolute atomic E-state index is 15.0. The maximum atomic E-state index is 15.0. The molecule has 2 unspecified atom stereocenters. The van der Waals surface area contributed by atoms with Crippen molar-refractivity contribution >= 4 is 17.6 Å². The second-order valence-corrected chi connectivity index (χ2v) is 9.35. The minimum atomic E-state index is -1.47. The van der Waals surface area contributed by atoms with Crippen LogP contribution in [0.25, 0.3) is 6.08 Å². The van der Waals surface area contributed by atoms with Crippen LogP contribution in [0.2, 0.25) is 0 Å². The molecule has 5 rings (SSSR count). The van der Waals surface area contributed by atoms with Crippen LogP contribution in [-0.2, 0) is 0 Å². The highest BCUT2D eigenvalue weighted by Crippen LogP contribution is 2.36. The van der Waals surface area contributed by atoms with Gasteiger partial charge < -0.3 is 15.2 Å². The van der Waals surface area contributed by atoms with E-state index in [-0.39, 0.29) is 17.9 Å². The number of aliphatic imine (C=N–C) groups is 1. The molecule has 35 heavy (non-hydrogen) atoms. The molecular formula is C26H27F4N5. The molecule has 1 N–H and O–H groups in total. The van der Waals surface area contributed by atoms with E-state index in [1.54, 1.807) is 24.3 Å². The van der Waals surface area contributed by atoms with Gasteiger partial charge in [-0.25, -0.2) is 22.6 Å². The number of fused-ring (bicyclic) bond motifs is 1. The number of anilines is 1. The minimum absolute atomic E-state index is 0.292. The zero-order valence-electron chi connectivity index (χ0n) is 19.8. The van der Waals surface area contributed by atoms with Crippen molar-refractivity contribution in [3.05, 3.63) is 82.2 Å². The number of piperidine rings is 1. The van der Waals surface area contributed by atoms with E-state index >= 15 is 0 Å². The predicted octanol–water partition coefficient (Wildman–Crippen LogP) is 5.26. The molecule has 2 aromatic rings. The lowest BCUT2D eigenvalue weighted by Crippen LogP contribution is -2.46. The summed E-state index contributed by atoms with van der Waals surface area (Å²) >= 11 is 0. The second kappa shape index (κ2) is 9.03. The first-order valence-corrected chi connectivity index (χ1v) is 11.6. The average molecular weight is 486 g/mol. The van der Waals surface area contributed by atoms with Gasteiger partial charge in [0.15, 0.2) is 17.5 Å². The van der Waals surface area contributed by atoms with Crippen molar-refractivity contribution in [1.82, 2.24) is 15.3 Å². The van der Waals surface area contributed by atoms with Crippen molar-refractivity contribution in [3.63, 3.8) is 0 Å². The summed E-state index contributed by atoms with van der Waals surface area (Å²) in [6.07, 6.45) is 6.44. The molecule has 2 aromatic carbocycles. The van der Waals surface area contributed by atoms with Gasteiger partial charge in [0.25, 0.3) is 0 Å². The van der Waals surface area contributed by atoms with Gasteiger partial charge in [-0.2, -0.15) is 5.01 Å². The lowest BCUT2D eigenvalue weighted by Gasteiger charge is -2.34. The summed E-state index contributed by atoms with van der Waals surface area (Å²) in [5.74, 6) is -3.97. The maximum Gasteiger partial charge on any atom is 0.194 e. The number of nitrogens with one attached hydrogen (secondary N) is 1. The Labute approximate surface area is 202 Å². The number of allylic oxidation sites excluding steroid dienone is 1. The fourth-order valence-electron chi connectivity index (χ4n) is 4.94. The van der Waals surface area contributed by atoms with Gasteiger partial charge in [-0.15, -0.1) is 0 Å². The molecule has 1 fully saturated rings. The molecule has 9 heteroatoms. The largest absolute Gasteiger partial charge is 0.359 e. The number of halogens is 4. The first kappa shape index (κ1) is 23.4. The van der Waals surface area contributed by atoms with Gasteiger partial charge in [0.1, 0.15) is 17.8 Å². The number of amidine groups is 1. The van der Waals surface area contributed by atoms with Crippen molar-refractivity contribution in [2.24, 2.45) is 4.99 Å². The lowest BCUT2D eigenvalue weighted by molar-refractivity contribution is 0.123. The SMILES string of the molecule is CC1=CN(c2cc(F)c(/C=C/C3=NC4C(c5cc(F)c(F)c(F)c5)CCCN4N3)cc2C)CN1C. The first-order chi connectivity index (χ1) is 16.7. The number of aryl methyl sites for hydroxylation is 1. The Hall–Kier alpha value is -3.33. The van der Waals surface area contributed by atoms with Crippen LogP contribution in [0, 0.1) is 30.2 Å². The van der Waals surface area contributed by atoms with E-state index in [2.05, 4.69) is 15.3 Å². The van der Waals surface area contributed by atoms with Crippen LogP contribution < -0.4 is 10.3 Å². The number of hydrogen-bond donors (Lipinski definition) is 1. The molecule has 0 saturated carbocycles. The van der Waals surface area contributed by atoms with Crippen molar-refractivity contribution in [1.29, 1.82) is 0 Å². The highest BCUT2D eigenvalue weighted by atomic mass is 19.2. The smallest absolute Gasteiger partial charge is 0.194 e. The third-order valence-electron chi connectivity index (χ3n) is 6.91. The minimum Gasteiger partial charge on any atom is -0.359 e. The molecule has 184 valence electrons. The molecule has 0 aromatic heterocycles. The van der Waals surface area contributed by atoms with Crippen LogP contribution >= 0.6 is 0 Å². The van der Waals surface area contributed by atoms with Crippen LogP contribution in [0.3, 0.4) is 0 Å². The monoisotopic (exact) mass is 485 g/mol. The molecule has 0 bridgehead atoms. The standard InChI is InChI=1S/C26H27F4N5/c1-15-9-17(20(27)12-23(15)34-13-16(2)33(3)14-34)6-7-24-31-26-19(5-4-8-35(26)32-24)18-10-21(28)25(30)22(29)11-18/h6-7,9-13,19,26H,4-5,8,14H2,1-3H3,(H,31,32)/b7-6+. The van der Waals surface area contributed by atoms with E-state index in [1.807, 2.05) is 37.0 Å². The predicted molar refractivity (Wildman–Crippen MR) is 128 cm³/mol. The van der Waals surface area contributed by atoms with E-state index in [0.717, 1.165) is 35.5 Å². The quantitative estimate of drug-likeness (QED) is 0.474. The average Bonchev–Trinajstić information content (AvgIpc) is 3.39. The highest BCUT2D eigenvalue weighted by molar-refractivity contribution is 5.97. The van der Waals surface area contributed by atoms with Crippen molar-refractivity contribution in [3.8, 4) is 0 Å². The van der Waals surface area contributed by atoms with E-state index in [0.29, 0.717) is 36.6 Å². The summed E-state index contributed by atoms with van der Waals surface area (Å²) in [5.41, 5.74) is 6.89. The Morgan fingerprint density at radius 3 is 2.43 bits per heavy atom. The molecular weight excluding hydrogens is 458 g/mol. The zero-order chi connectivity index (χ0) is 24.9. The Morgan fingerprint density at radius 1 is 1.00 bits per heavy atom. The van der Waals surface area contributed by atoms with Crippen molar-refractivity contribution in [2.45, 2.75) is 38.8 Å². The Kier molecular flexibility index (Phi) is 6.04. The van der Waals surface area contributed by atoms with E-state index in [1.165, 1.54) is 0 Å². The highest BCUT2D eigenvalue weighted by Gasteiger charge is 2.37. The molecule has 3 aliphatic rings. The van der Waals surface area contributed by atoms with Gasteiger partial charge in [0.2, 0.25) is 0 Å². The van der Waals surface area contributed by atoms with E-state index < -0.39 is 17.5 Å². The first-order valence-electron chi connectivity index (χ1n) is 11.6. The molecule has 0 radical (unpaired) electrons. The normalized spacial score (nSPS) is 22.5. The lowest BCUT2D eigenvalue weighted by atomic mass is 9.88. The van der Waals surface area contributed by atoms with Crippen molar-refractivity contribution < 1.29 is 17.6 Å². The number of nitrogens with zero attached hydrogens (tertiary/aromatic N) is 4. The Balaban J connectivity index is 1.36. The molecule has 0 amide bonds. The zero-order valence-corrected chi connectivity index (χ0v) is 19.8. The van der Waals surface area contributed by atoms with Crippen LogP contribution in [0.15, 0.2) is 47.2 Å². The fraction of sp³-hybridized carbons (Fsp3) is 0.346. The molecule has 0 spiro atoms. The number of hydrogen-bond acceptors (Lipinski definition) is 5. The second-order valence-electron chi connectivity index (χ2n) is 9.35. The van der Waals surface area contributed by atoms with E-state index in [9.17, 15) is 17.6 Å². The Morgan fingerprint density at radius 2 is 1.74 bits per heavy atom. The summed E-state index contributed by atoms with van der Waals surface area (Å²) in [6, 6.07) is 5.44. The van der Waals surface area contributed by atoms with Gasteiger partial charge >= 0.3 is 0 Å². The molecule has 0 aliphatic carbocycles. The fourth-order valence-corrected chi connectivity index (χ4v) is 4.94. The van der Waals surface area contributed by atoms with Gasteiger partial charge in [-0.3, -0.25) is 0 Å². The summed E-state index contributed by atoms with van der Waals surface area (Å²) in [5, 5.41) is 1.90. The summed E-state index contributed by atoms with van der Waals surface area (Å²) in [7, 11) is 1.99. The molecule has 1 saturated heterocycles. The van der Waals surface area contributed by atoms with Crippen LogP contribution in [0.4, 0.5) is 23.2 Å². The van der Waals surface area contributed by atoms with Crippen LogP contribution in [0.1, 0.15) is 42.4 Å². The van der Waals surface area contributed by atoms with Gasteiger partial charge in [-0.1, -0.05) is 0 Å².